The zero-order valence-electron chi connectivity index (χ0n) is 12.8. The van der Waals surface area contributed by atoms with E-state index in [1.165, 1.54) is 6.07 Å². The van der Waals surface area contributed by atoms with Gasteiger partial charge in [-0.05, 0) is 35.9 Å². The third-order valence-electron chi connectivity index (χ3n) is 4.03. The van der Waals surface area contributed by atoms with Crippen LogP contribution in [0.2, 0.25) is 0 Å². The molecule has 2 nitrogen and oxygen atoms in total. The van der Waals surface area contributed by atoms with Gasteiger partial charge in [-0.2, -0.15) is 0 Å². The number of hydrogen-bond donors (Lipinski definition) is 1. The Bertz CT molecular complexity index is 1030. The van der Waals surface area contributed by atoms with Gasteiger partial charge in [-0.3, -0.25) is 0 Å². The summed E-state index contributed by atoms with van der Waals surface area (Å²) in [6, 6.07) is 23.3. The van der Waals surface area contributed by atoms with E-state index >= 15 is 0 Å². The number of pyridine rings is 1. The van der Waals surface area contributed by atoms with Crippen molar-refractivity contribution in [3.8, 4) is 28.1 Å². The van der Waals surface area contributed by atoms with Gasteiger partial charge < -0.3 is 5.11 Å². The molecule has 0 unspecified atom stereocenters. The van der Waals surface area contributed by atoms with Crippen LogP contribution in [-0.2, 0) is 0 Å². The lowest BCUT2D eigenvalue weighted by atomic mass is 9.98. The second-order valence-electron chi connectivity index (χ2n) is 5.60. The molecule has 4 rings (SSSR count). The van der Waals surface area contributed by atoms with Crippen molar-refractivity contribution in [1.29, 1.82) is 0 Å². The number of aromatic nitrogens is 1. The van der Waals surface area contributed by atoms with Gasteiger partial charge >= 0.3 is 0 Å². The van der Waals surface area contributed by atoms with E-state index < -0.39 is 0 Å². The smallest absolute Gasteiger partial charge is 0.131 e. The van der Waals surface area contributed by atoms with Gasteiger partial charge in [0.2, 0.25) is 0 Å². The zero-order chi connectivity index (χ0) is 16.5. The Hall–Kier alpha value is -3.20. The SMILES string of the molecule is Oc1ccc2nc(-c3ccccc3)cc(-c3ccccc3F)c2c1. The van der Waals surface area contributed by atoms with Crippen molar-refractivity contribution in [1.82, 2.24) is 4.98 Å². The first kappa shape index (κ1) is 14.4. The summed E-state index contributed by atoms with van der Waals surface area (Å²) < 4.78 is 14.4. The van der Waals surface area contributed by atoms with Gasteiger partial charge in [0, 0.05) is 16.5 Å². The number of halogens is 1. The molecule has 0 saturated carbocycles. The summed E-state index contributed by atoms with van der Waals surface area (Å²) in [5.74, 6) is -0.165. The minimum atomic E-state index is -0.299. The molecule has 0 bridgehead atoms. The lowest BCUT2D eigenvalue weighted by Crippen LogP contribution is -1.91. The molecular formula is C21H14FNO. The number of phenolic OH excluding ortho intramolecular Hbond substituents is 1. The highest BCUT2D eigenvalue weighted by atomic mass is 19.1. The highest BCUT2D eigenvalue weighted by molar-refractivity contribution is 5.97. The van der Waals surface area contributed by atoms with E-state index in [9.17, 15) is 9.50 Å². The Morgan fingerprint density at radius 1 is 0.750 bits per heavy atom. The number of aromatic hydroxyl groups is 1. The number of phenols is 1. The van der Waals surface area contributed by atoms with E-state index in [0.717, 1.165) is 16.6 Å². The Balaban J connectivity index is 2.06. The molecular weight excluding hydrogens is 301 g/mol. The van der Waals surface area contributed by atoms with Gasteiger partial charge in [0.05, 0.1) is 11.2 Å². The number of rotatable bonds is 2. The summed E-state index contributed by atoms with van der Waals surface area (Å²) in [4.78, 5) is 4.67. The maximum absolute atomic E-state index is 14.4. The molecule has 1 heterocycles. The molecule has 4 aromatic rings. The molecule has 0 fully saturated rings. The number of nitrogens with zero attached hydrogens (tertiary/aromatic N) is 1. The van der Waals surface area contributed by atoms with E-state index in [4.69, 9.17) is 0 Å². The van der Waals surface area contributed by atoms with E-state index in [1.807, 2.05) is 36.4 Å². The second kappa shape index (κ2) is 5.78. The third-order valence-corrected chi connectivity index (χ3v) is 4.03. The Morgan fingerprint density at radius 3 is 2.29 bits per heavy atom. The van der Waals surface area contributed by atoms with Crippen LogP contribution in [0.5, 0.6) is 5.75 Å². The summed E-state index contributed by atoms with van der Waals surface area (Å²) in [6.45, 7) is 0. The molecule has 0 aliphatic heterocycles. The quantitative estimate of drug-likeness (QED) is 0.536. The first-order valence-electron chi connectivity index (χ1n) is 7.66. The summed E-state index contributed by atoms with van der Waals surface area (Å²) in [7, 11) is 0. The summed E-state index contributed by atoms with van der Waals surface area (Å²) in [5, 5.41) is 10.6. The molecule has 0 aliphatic rings. The average Bonchev–Trinajstić information content (AvgIpc) is 2.62. The van der Waals surface area contributed by atoms with Crippen molar-refractivity contribution in [3.05, 3.63) is 84.7 Å². The lowest BCUT2D eigenvalue weighted by Gasteiger charge is -2.11. The monoisotopic (exact) mass is 315 g/mol. The first-order chi connectivity index (χ1) is 11.7. The van der Waals surface area contributed by atoms with Gasteiger partial charge in [0.15, 0.2) is 0 Å². The van der Waals surface area contributed by atoms with Crippen LogP contribution in [-0.4, -0.2) is 10.1 Å². The van der Waals surface area contributed by atoms with E-state index in [-0.39, 0.29) is 11.6 Å². The molecule has 116 valence electrons. The van der Waals surface area contributed by atoms with Crippen molar-refractivity contribution < 1.29 is 9.50 Å². The molecule has 0 atom stereocenters. The molecule has 0 spiro atoms. The molecule has 0 aliphatic carbocycles. The van der Waals surface area contributed by atoms with Gasteiger partial charge in [-0.25, -0.2) is 9.37 Å². The lowest BCUT2D eigenvalue weighted by molar-refractivity contribution is 0.476. The average molecular weight is 315 g/mol. The Labute approximate surface area is 138 Å². The number of benzene rings is 3. The fourth-order valence-electron chi connectivity index (χ4n) is 2.87. The van der Waals surface area contributed by atoms with Crippen LogP contribution in [0.15, 0.2) is 78.9 Å². The van der Waals surface area contributed by atoms with Crippen molar-refractivity contribution in [3.63, 3.8) is 0 Å². The van der Waals surface area contributed by atoms with E-state index in [2.05, 4.69) is 4.98 Å². The molecule has 0 amide bonds. The standard InChI is InChI=1S/C21H14FNO/c22-19-9-5-4-8-16(19)17-13-21(14-6-2-1-3-7-14)23-20-11-10-15(24)12-18(17)20/h1-13,24H. The van der Waals surface area contributed by atoms with Crippen LogP contribution in [0.25, 0.3) is 33.3 Å². The molecule has 1 aromatic heterocycles. The minimum Gasteiger partial charge on any atom is -0.508 e. The van der Waals surface area contributed by atoms with E-state index in [1.54, 1.807) is 36.4 Å². The molecule has 0 saturated heterocycles. The van der Waals surface area contributed by atoms with Crippen LogP contribution in [0.1, 0.15) is 0 Å². The maximum atomic E-state index is 14.4. The zero-order valence-corrected chi connectivity index (χ0v) is 12.8. The summed E-state index contributed by atoms with van der Waals surface area (Å²) in [5.41, 5.74) is 3.66. The minimum absolute atomic E-state index is 0.134. The summed E-state index contributed by atoms with van der Waals surface area (Å²) >= 11 is 0. The first-order valence-corrected chi connectivity index (χ1v) is 7.66. The van der Waals surface area contributed by atoms with Crippen molar-refractivity contribution in [2.45, 2.75) is 0 Å². The molecule has 3 aromatic carbocycles. The van der Waals surface area contributed by atoms with Crippen LogP contribution in [0.3, 0.4) is 0 Å². The predicted molar refractivity (Wildman–Crippen MR) is 94.2 cm³/mol. The van der Waals surface area contributed by atoms with Gasteiger partial charge in [0.1, 0.15) is 11.6 Å². The second-order valence-corrected chi connectivity index (χ2v) is 5.60. The highest BCUT2D eigenvalue weighted by Crippen LogP contribution is 2.34. The maximum Gasteiger partial charge on any atom is 0.131 e. The molecule has 1 N–H and O–H groups in total. The van der Waals surface area contributed by atoms with Crippen LogP contribution < -0.4 is 0 Å². The topological polar surface area (TPSA) is 33.1 Å². The van der Waals surface area contributed by atoms with Gasteiger partial charge in [0.25, 0.3) is 0 Å². The van der Waals surface area contributed by atoms with Crippen molar-refractivity contribution in [2.75, 3.05) is 0 Å². The van der Waals surface area contributed by atoms with Crippen molar-refractivity contribution in [2.24, 2.45) is 0 Å². The summed E-state index contributed by atoms with van der Waals surface area (Å²) in [6.07, 6.45) is 0. The molecule has 24 heavy (non-hydrogen) atoms. The number of fused-ring (bicyclic) bond motifs is 1. The van der Waals surface area contributed by atoms with Crippen LogP contribution >= 0.6 is 0 Å². The molecule has 3 heteroatoms. The van der Waals surface area contributed by atoms with Crippen LogP contribution in [0, 0.1) is 5.82 Å². The fraction of sp³-hybridized carbons (Fsp3) is 0. The number of hydrogen-bond acceptors (Lipinski definition) is 2. The third kappa shape index (κ3) is 2.50. The van der Waals surface area contributed by atoms with Crippen LogP contribution in [0.4, 0.5) is 4.39 Å². The predicted octanol–water partition coefficient (Wildman–Crippen LogP) is 5.41. The van der Waals surface area contributed by atoms with Gasteiger partial charge in [-0.1, -0.05) is 48.5 Å². The highest BCUT2D eigenvalue weighted by Gasteiger charge is 2.13. The van der Waals surface area contributed by atoms with Gasteiger partial charge in [-0.15, -0.1) is 0 Å². The van der Waals surface area contributed by atoms with E-state index in [0.29, 0.717) is 16.6 Å². The fourth-order valence-corrected chi connectivity index (χ4v) is 2.87. The van der Waals surface area contributed by atoms with Crippen molar-refractivity contribution >= 4 is 10.9 Å². The molecule has 0 radical (unpaired) electrons. The largest absolute Gasteiger partial charge is 0.508 e. The Morgan fingerprint density at radius 2 is 1.50 bits per heavy atom. The normalized spacial score (nSPS) is 10.9. The Kier molecular flexibility index (Phi) is 3.47.